The molecular weight excluding hydrogens is 137 g/mol. The molecule has 0 saturated carbocycles. The van der Waals surface area contributed by atoms with Gasteiger partial charge in [-0.15, -0.1) is 15.1 Å². The van der Waals surface area contributed by atoms with Crippen LogP contribution in [0.15, 0.2) is 0 Å². The van der Waals surface area contributed by atoms with Crippen LogP contribution in [0.2, 0.25) is 0 Å². The van der Waals surface area contributed by atoms with E-state index in [4.69, 9.17) is 15.4 Å². The summed E-state index contributed by atoms with van der Waals surface area (Å²) in [5.74, 6) is 0. The van der Waals surface area contributed by atoms with Crippen LogP contribution in [0, 0.1) is 10.1 Å². The molecule has 0 amide bonds. The summed E-state index contributed by atoms with van der Waals surface area (Å²) in [5.41, 5.74) is 0. The monoisotopic (exact) mass is 137 g/mol. The summed E-state index contributed by atoms with van der Waals surface area (Å²) in [6, 6.07) is 0. The zero-order valence-corrected chi connectivity index (χ0v) is 3.42. The molecule has 0 unspecified atom stereocenters. The minimum absolute atomic E-state index is 0. The second-order valence-corrected chi connectivity index (χ2v) is 0.305. The maximum absolute atomic E-state index is 8.70. The first-order valence-corrected chi connectivity index (χ1v) is 0.730. The first-order chi connectivity index (χ1) is 2.27. The van der Waals surface area contributed by atoms with Gasteiger partial charge in [-0.25, -0.2) is 5.26 Å². The predicted molar refractivity (Wildman–Crippen MR) is 10.7 cm³/mol. The van der Waals surface area contributed by atoms with Crippen molar-refractivity contribution in [3.8, 4) is 0 Å². The van der Waals surface area contributed by atoms with Gasteiger partial charge in [-0.2, -0.15) is 0 Å². The minimum atomic E-state index is -1.32. The summed E-state index contributed by atoms with van der Waals surface area (Å²) in [7, 11) is 0. The van der Waals surface area contributed by atoms with Crippen molar-refractivity contribution in [3.05, 3.63) is 10.1 Å². The maximum atomic E-state index is 8.70. The van der Waals surface area contributed by atoms with E-state index in [9.17, 15) is 0 Å². The van der Waals surface area contributed by atoms with Crippen LogP contribution in [-0.2, 0) is 21.5 Å². The molecule has 0 rings (SSSR count). The molecule has 0 heterocycles. The van der Waals surface area contributed by atoms with Gasteiger partial charge in [-0.1, -0.05) is 0 Å². The second-order valence-electron chi connectivity index (χ2n) is 0.305. The van der Waals surface area contributed by atoms with Crippen LogP contribution in [0.3, 0.4) is 0 Å². The molecule has 5 nitrogen and oxygen atoms in total. The van der Waals surface area contributed by atoms with Crippen LogP contribution in [0.1, 0.15) is 0 Å². The van der Waals surface area contributed by atoms with E-state index in [2.05, 4.69) is 4.99 Å². The van der Waals surface area contributed by atoms with Crippen molar-refractivity contribution in [2.45, 2.75) is 0 Å². The molecule has 0 radical (unpaired) electrons. The third-order valence-corrected chi connectivity index (χ3v) is 0.0667. The minimum Gasteiger partial charge on any atom is -0.214 e. The molecule has 0 aromatic rings. The van der Waals surface area contributed by atoms with Crippen molar-refractivity contribution >= 4 is 0 Å². The largest absolute Gasteiger partial charge is 2.00 e. The van der Waals surface area contributed by atoms with Crippen molar-refractivity contribution < 1.29 is 31.8 Å². The Hall–Kier alpha value is -0.346. The molecule has 1 N–H and O–H groups in total. The molecule has 0 spiro atoms. The fourth-order valence-corrected chi connectivity index (χ4v) is 0. The number of rotatable bonds is 1. The zero-order chi connectivity index (χ0) is 4.28. The molecule has 0 atom stereocenters. The zero-order valence-electron chi connectivity index (χ0n) is 2.44. The van der Waals surface area contributed by atoms with E-state index in [0.29, 0.717) is 0 Å². The average Bonchev–Trinajstić information content (AvgIpc) is 1.38. The summed E-state index contributed by atoms with van der Waals surface area (Å²) in [6.45, 7) is 0. The van der Waals surface area contributed by atoms with Crippen molar-refractivity contribution in [1.82, 2.24) is 0 Å². The van der Waals surface area contributed by atoms with Crippen LogP contribution < -0.4 is 0 Å². The molecule has 0 saturated heterocycles. The van der Waals surface area contributed by atoms with Crippen molar-refractivity contribution in [2.75, 3.05) is 0 Å². The van der Waals surface area contributed by atoms with Gasteiger partial charge < -0.3 is 0 Å². The number of nitrogens with zero attached hydrogens (tertiary/aromatic N) is 1. The van der Waals surface area contributed by atoms with E-state index in [1.54, 1.807) is 0 Å². The SMILES string of the molecule is O=[N+]([O-])OO.[Ni+2]. The normalized spacial score (nSPS) is 5.50. The van der Waals surface area contributed by atoms with E-state index < -0.39 is 5.09 Å². The smallest absolute Gasteiger partial charge is 0.214 e. The van der Waals surface area contributed by atoms with Gasteiger partial charge in [0.2, 0.25) is 0 Å². The standard InChI is InChI=1S/HNO4.Ni/c2-1(3)5-4;/h4H;/q;+2. The molecule has 6 heavy (non-hydrogen) atoms. The summed E-state index contributed by atoms with van der Waals surface area (Å²) in [6.07, 6.45) is 0. The second kappa shape index (κ2) is 4.65. The van der Waals surface area contributed by atoms with Crippen LogP contribution >= 0.6 is 0 Å². The molecule has 0 bridgehead atoms. The Morgan fingerprint density at radius 1 is 1.83 bits per heavy atom. The van der Waals surface area contributed by atoms with Gasteiger partial charge in [0.1, 0.15) is 0 Å². The van der Waals surface area contributed by atoms with Crippen LogP contribution in [-0.4, -0.2) is 10.3 Å². The molecule has 0 fully saturated rings. The van der Waals surface area contributed by atoms with Gasteiger partial charge in [0.15, 0.2) is 0 Å². The van der Waals surface area contributed by atoms with Gasteiger partial charge in [0, 0.05) is 0 Å². The van der Waals surface area contributed by atoms with Crippen molar-refractivity contribution in [3.63, 3.8) is 0 Å². The molecule has 38 valence electrons. The van der Waals surface area contributed by atoms with Crippen molar-refractivity contribution in [2.24, 2.45) is 0 Å². The van der Waals surface area contributed by atoms with Crippen LogP contribution in [0.5, 0.6) is 0 Å². The Balaban J connectivity index is 0. The van der Waals surface area contributed by atoms with E-state index in [0.717, 1.165) is 0 Å². The van der Waals surface area contributed by atoms with Crippen LogP contribution in [0.4, 0.5) is 0 Å². The topological polar surface area (TPSA) is 72.6 Å². The molecule has 0 aromatic carbocycles. The third kappa shape index (κ3) is 9.41. The maximum Gasteiger partial charge on any atom is 2.00 e. The Bertz CT molecular complexity index is 42.8. The summed E-state index contributed by atoms with van der Waals surface area (Å²) in [4.78, 5) is 11.2. The molecular formula is HNNiO4+2. The first-order valence-electron chi connectivity index (χ1n) is 0.730. The Labute approximate surface area is 42.9 Å². The van der Waals surface area contributed by atoms with Gasteiger partial charge >= 0.3 is 21.6 Å². The van der Waals surface area contributed by atoms with E-state index in [1.165, 1.54) is 0 Å². The molecule has 0 aromatic heterocycles. The third-order valence-electron chi connectivity index (χ3n) is 0.0667. The van der Waals surface area contributed by atoms with E-state index in [1.807, 2.05) is 0 Å². The summed E-state index contributed by atoms with van der Waals surface area (Å²) >= 11 is 0. The summed E-state index contributed by atoms with van der Waals surface area (Å²) < 4.78 is 0. The first kappa shape index (κ1) is 9.17. The molecule has 0 aliphatic carbocycles. The predicted octanol–water partition coefficient (Wildman–Crippen LogP) is -0.335. The van der Waals surface area contributed by atoms with E-state index >= 15 is 0 Å². The number of hydrogen-bond acceptors (Lipinski definition) is 4. The van der Waals surface area contributed by atoms with Gasteiger partial charge in [-0.3, -0.25) is 0 Å². The van der Waals surface area contributed by atoms with Gasteiger partial charge in [-0.05, 0) is 0 Å². The van der Waals surface area contributed by atoms with Crippen LogP contribution in [0.25, 0.3) is 0 Å². The quantitative estimate of drug-likeness (QED) is 0.233. The average molecular weight is 138 g/mol. The summed E-state index contributed by atoms with van der Waals surface area (Å²) in [5, 5.41) is 14.3. The molecule has 6 heteroatoms. The fraction of sp³-hybridized carbons (Fsp3) is 0. The Morgan fingerprint density at radius 3 is 2.00 bits per heavy atom. The fourth-order valence-electron chi connectivity index (χ4n) is 0. The van der Waals surface area contributed by atoms with E-state index in [-0.39, 0.29) is 16.5 Å². The van der Waals surface area contributed by atoms with Crippen molar-refractivity contribution in [1.29, 1.82) is 0 Å². The van der Waals surface area contributed by atoms with Gasteiger partial charge in [0.05, 0.1) is 0 Å². The number of hydrogen-bond donors (Lipinski definition) is 1. The molecule has 0 aliphatic rings. The Morgan fingerprint density at radius 2 is 2.00 bits per heavy atom. The van der Waals surface area contributed by atoms with Gasteiger partial charge in [0.25, 0.3) is 0 Å². The Kier molecular flexibility index (Phi) is 7.11. The molecule has 0 aliphatic heterocycles.